The van der Waals surface area contributed by atoms with E-state index in [0.717, 1.165) is 51.5 Å². The van der Waals surface area contributed by atoms with E-state index >= 15 is 8.78 Å². The lowest BCUT2D eigenvalue weighted by molar-refractivity contribution is -0.0439. The van der Waals surface area contributed by atoms with Gasteiger partial charge in [0, 0.05) is 41.8 Å². The van der Waals surface area contributed by atoms with E-state index in [1.165, 1.54) is 24.4 Å². The number of likely N-dealkylation sites (tertiary alicyclic amines) is 1. The van der Waals surface area contributed by atoms with Crippen molar-refractivity contribution in [1.29, 1.82) is 0 Å². The highest BCUT2D eigenvalue weighted by atomic mass is 19.1. The van der Waals surface area contributed by atoms with Crippen molar-refractivity contribution in [3.8, 4) is 23.0 Å². The molecule has 266 valence electrons. The van der Waals surface area contributed by atoms with Gasteiger partial charge in [-0.2, -0.15) is 9.97 Å². The number of hydrogen-bond acceptors (Lipinski definition) is 10. The Bertz CT molecular complexity index is 1940. The molecule has 0 unspecified atom stereocenters. The summed E-state index contributed by atoms with van der Waals surface area (Å²) in [5.74, 6) is -0.828. The smallest absolute Gasteiger partial charge is 0.319 e. The number of piperidine rings is 1. The Hall–Kier alpha value is -3.71. The Kier molecular flexibility index (Phi) is 8.56. The van der Waals surface area contributed by atoms with Crippen LogP contribution in [0.25, 0.3) is 32.9 Å². The second-order valence-electron chi connectivity index (χ2n) is 15.2. The molecule has 2 aliphatic carbocycles. The molecule has 0 bridgehead atoms. The zero-order chi connectivity index (χ0) is 34.8. The monoisotopic (exact) mass is 688 g/mol. The summed E-state index contributed by atoms with van der Waals surface area (Å²) in [5, 5.41) is 23.1. The number of fused-ring (bicyclic) bond motifs is 3. The maximum absolute atomic E-state index is 17.0. The van der Waals surface area contributed by atoms with Gasteiger partial charge in [-0.1, -0.05) is 19.4 Å². The Labute approximate surface area is 290 Å². The number of rotatable bonds is 7. The van der Waals surface area contributed by atoms with Gasteiger partial charge in [-0.3, -0.25) is 9.88 Å². The second kappa shape index (κ2) is 12.8. The third kappa shape index (κ3) is 5.83. The second-order valence-corrected chi connectivity index (χ2v) is 15.2. The van der Waals surface area contributed by atoms with Crippen molar-refractivity contribution in [2.45, 2.75) is 88.9 Å². The van der Waals surface area contributed by atoms with Crippen molar-refractivity contribution in [2.24, 2.45) is 11.1 Å². The highest BCUT2D eigenvalue weighted by Gasteiger charge is 2.51. The van der Waals surface area contributed by atoms with E-state index in [2.05, 4.69) is 9.88 Å². The van der Waals surface area contributed by atoms with Crippen molar-refractivity contribution >= 4 is 27.5 Å². The Balaban J connectivity index is 1.23. The van der Waals surface area contributed by atoms with Gasteiger partial charge < -0.3 is 30.3 Å². The molecule has 2 aliphatic heterocycles. The maximum atomic E-state index is 17.0. The van der Waals surface area contributed by atoms with Gasteiger partial charge in [0.1, 0.15) is 34.2 Å². The topological polar surface area (TPSA) is 130 Å². The molecule has 4 aliphatic rings. The third-order valence-electron chi connectivity index (χ3n) is 11.6. The molecule has 0 amide bonds. The minimum absolute atomic E-state index is 0.0000456. The number of nitrogens with two attached hydrogens (primary N) is 1. The molecule has 8 rings (SSSR count). The standard InChI is InChI=1S/C38H46F2N6O4/c1-3-26-29(39)8-7-22-14-25(47)17-27(31(22)26)33-32(40)34-28(18-42-33)35(45-12-13-49-20-37(2,48)19-45)44-36(43-34)50-21-38-9-4-6-30(38)46(11-5-10-38)24-15-23(41)16-24/h7-8,14,17-18,23-24,30,47-48H,3-6,9-13,15-16,19-21,41H2,1-2H3/t23?,24?,30-,37+,38-/m1/s1. The number of aromatic nitrogens is 3. The normalized spacial score (nSPS) is 28.8. The number of benzene rings is 2. The lowest BCUT2D eigenvalue weighted by atomic mass is 9.73. The summed E-state index contributed by atoms with van der Waals surface area (Å²) in [5.41, 5.74) is 5.58. The molecule has 4 heterocycles. The van der Waals surface area contributed by atoms with E-state index in [9.17, 15) is 10.2 Å². The van der Waals surface area contributed by atoms with Crippen LogP contribution in [0, 0.1) is 17.0 Å². The Morgan fingerprint density at radius 1 is 1.12 bits per heavy atom. The SMILES string of the molecule is CCc1c(F)ccc2cc(O)cc(-c3ncc4c(N5CCOC[C@@](C)(O)C5)nc(OC[C@]56CCC[C@H]5N(C5CC(N)C5)CCC6)nc4c3F)c12. The number of anilines is 1. The number of phenols is 1. The minimum atomic E-state index is -1.17. The zero-order valence-electron chi connectivity index (χ0n) is 28.8. The molecule has 2 saturated heterocycles. The minimum Gasteiger partial charge on any atom is -0.508 e. The van der Waals surface area contributed by atoms with Crippen LogP contribution in [0.1, 0.15) is 64.4 Å². The summed E-state index contributed by atoms with van der Waals surface area (Å²) >= 11 is 0. The number of ether oxygens (including phenoxy) is 2. The number of aliphatic hydroxyl groups is 1. The first-order valence-corrected chi connectivity index (χ1v) is 18.1. The van der Waals surface area contributed by atoms with Crippen LogP contribution in [0.5, 0.6) is 11.8 Å². The quantitative estimate of drug-likeness (QED) is 0.230. The van der Waals surface area contributed by atoms with E-state index < -0.39 is 17.2 Å². The van der Waals surface area contributed by atoms with Gasteiger partial charge in [0.15, 0.2) is 5.82 Å². The van der Waals surface area contributed by atoms with Crippen LogP contribution in [0.4, 0.5) is 14.6 Å². The molecule has 10 nitrogen and oxygen atoms in total. The van der Waals surface area contributed by atoms with E-state index in [1.54, 1.807) is 13.0 Å². The summed E-state index contributed by atoms with van der Waals surface area (Å²) in [6.07, 6.45) is 9.36. The number of nitrogens with zero attached hydrogens (tertiary/aromatic N) is 5. The number of aryl methyl sites for hydroxylation is 1. The van der Waals surface area contributed by atoms with Gasteiger partial charge >= 0.3 is 6.01 Å². The maximum Gasteiger partial charge on any atom is 0.319 e. The molecule has 3 atom stereocenters. The van der Waals surface area contributed by atoms with Crippen LogP contribution in [-0.2, 0) is 11.2 Å². The van der Waals surface area contributed by atoms with Gasteiger partial charge in [0.25, 0.3) is 0 Å². The Morgan fingerprint density at radius 2 is 1.94 bits per heavy atom. The first-order chi connectivity index (χ1) is 24.1. The predicted octanol–water partition coefficient (Wildman–Crippen LogP) is 5.48. The molecule has 4 aromatic rings. The van der Waals surface area contributed by atoms with E-state index in [4.69, 9.17) is 25.2 Å². The molecule has 12 heteroatoms. The van der Waals surface area contributed by atoms with Crippen molar-refractivity contribution in [1.82, 2.24) is 19.9 Å². The Morgan fingerprint density at radius 3 is 2.74 bits per heavy atom. The predicted molar refractivity (Wildman–Crippen MR) is 187 cm³/mol. The van der Waals surface area contributed by atoms with Gasteiger partial charge in [-0.15, -0.1) is 0 Å². The lowest BCUT2D eigenvalue weighted by Crippen LogP contribution is -2.60. The number of phenolic OH excluding ortho intramolecular Hbond substituents is 1. The van der Waals surface area contributed by atoms with Crippen LogP contribution >= 0.6 is 0 Å². The van der Waals surface area contributed by atoms with Crippen molar-refractivity contribution in [2.75, 3.05) is 44.4 Å². The molecule has 2 aromatic carbocycles. The summed E-state index contributed by atoms with van der Waals surface area (Å²) in [6, 6.07) is 7.14. The fourth-order valence-electron chi connectivity index (χ4n) is 9.22. The molecule has 4 fully saturated rings. The fraction of sp³-hybridized carbons (Fsp3) is 0.553. The highest BCUT2D eigenvalue weighted by molar-refractivity contribution is 6.01. The van der Waals surface area contributed by atoms with Gasteiger partial charge in [0.2, 0.25) is 0 Å². The van der Waals surface area contributed by atoms with E-state index in [-0.39, 0.29) is 53.1 Å². The summed E-state index contributed by atoms with van der Waals surface area (Å²) in [7, 11) is 0. The summed E-state index contributed by atoms with van der Waals surface area (Å²) < 4.78 is 44.3. The largest absolute Gasteiger partial charge is 0.508 e. The van der Waals surface area contributed by atoms with Gasteiger partial charge in [-0.05, 0) is 92.9 Å². The van der Waals surface area contributed by atoms with Crippen LogP contribution in [0.15, 0.2) is 30.5 Å². The van der Waals surface area contributed by atoms with Gasteiger partial charge in [-0.25, -0.2) is 8.78 Å². The number of halogens is 2. The zero-order valence-corrected chi connectivity index (χ0v) is 28.8. The van der Waals surface area contributed by atoms with Crippen LogP contribution in [-0.4, -0.2) is 93.2 Å². The van der Waals surface area contributed by atoms with Crippen molar-refractivity contribution in [3.05, 3.63) is 47.7 Å². The number of pyridine rings is 1. The van der Waals surface area contributed by atoms with Crippen LogP contribution in [0.3, 0.4) is 0 Å². The van der Waals surface area contributed by atoms with E-state index in [0.29, 0.717) is 65.8 Å². The van der Waals surface area contributed by atoms with Crippen molar-refractivity contribution in [3.63, 3.8) is 0 Å². The molecule has 50 heavy (non-hydrogen) atoms. The molecule has 4 N–H and O–H groups in total. The molecule has 2 aromatic heterocycles. The molecular weight excluding hydrogens is 642 g/mol. The fourth-order valence-corrected chi connectivity index (χ4v) is 9.22. The summed E-state index contributed by atoms with van der Waals surface area (Å²) in [4.78, 5) is 18.7. The van der Waals surface area contributed by atoms with Crippen LogP contribution < -0.4 is 15.4 Å². The lowest BCUT2D eigenvalue weighted by Gasteiger charge is -2.52. The number of aromatic hydroxyl groups is 1. The first-order valence-electron chi connectivity index (χ1n) is 18.1. The summed E-state index contributed by atoms with van der Waals surface area (Å²) in [6.45, 7) is 6.12. The number of hydrogen-bond donors (Lipinski definition) is 3. The average molecular weight is 689 g/mol. The van der Waals surface area contributed by atoms with Crippen LogP contribution in [0.2, 0.25) is 0 Å². The van der Waals surface area contributed by atoms with E-state index in [1.807, 2.05) is 11.8 Å². The molecule has 2 saturated carbocycles. The molecule has 0 spiro atoms. The molecule has 0 radical (unpaired) electrons. The molecular formula is C38H46F2N6O4. The number of β-amino-alcohol motifs (C(OH)–C–C–N with tert-alkyl or cyclic N) is 1. The van der Waals surface area contributed by atoms with Crippen molar-refractivity contribution < 1.29 is 28.5 Å². The first kappa shape index (κ1) is 33.4. The average Bonchev–Trinajstić information content (AvgIpc) is 3.43. The third-order valence-corrected chi connectivity index (χ3v) is 11.6. The highest BCUT2D eigenvalue weighted by Crippen LogP contribution is 2.50. The van der Waals surface area contributed by atoms with Gasteiger partial charge in [0.05, 0.1) is 31.8 Å².